The van der Waals surface area contributed by atoms with Gasteiger partial charge in [0.05, 0.1) is 22.1 Å². The molecule has 1 aliphatic carbocycles. The van der Waals surface area contributed by atoms with Crippen LogP contribution in [0.3, 0.4) is 0 Å². The molecule has 2 heterocycles. The van der Waals surface area contributed by atoms with Crippen molar-refractivity contribution in [2.45, 2.75) is 50.2 Å². The minimum atomic E-state index is -4.86. The van der Waals surface area contributed by atoms with Crippen molar-refractivity contribution in [1.82, 2.24) is 9.88 Å². The molecule has 3 aromatic rings. The van der Waals surface area contributed by atoms with Gasteiger partial charge in [-0.05, 0) is 68.1 Å². The molecule has 45 heavy (non-hydrogen) atoms. The van der Waals surface area contributed by atoms with Gasteiger partial charge in [0.1, 0.15) is 18.0 Å². The molecule has 0 unspecified atom stereocenters. The second-order valence-corrected chi connectivity index (χ2v) is 11.3. The van der Waals surface area contributed by atoms with E-state index in [9.17, 15) is 41.3 Å². The molecule has 1 aromatic heterocycles. The summed E-state index contributed by atoms with van der Waals surface area (Å²) in [6.45, 7) is 1.77. The highest BCUT2D eigenvalue weighted by atomic mass is 19.4. The van der Waals surface area contributed by atoms with Crippen molar-refractivity contribution in [3.63, 3.8) is 0 Å². The Morgan fingerprint density at radius 3 is 2.27 bits per heavy atom. The van der Waals surface area contributed by atoms with E-state index in [0.717, 1.165) is 24.3 Å². The number of fused-ring (bicyclic) bond motifs is 1. The largest absolute Gasteiger partial charge is 0.423 e. The molecule has 2 aromatic carbocycles. The van der Waals surface area contributed by atoms with E-state index >= 15 is 0 Å². The molecule has 5 rings (SSSR count). The fourth-order valence-corrected chi connectivity index (χ4v) is 5.87. The van der Waals surface area contributed by atoms with E-state index in [2.05, 4.69) is 4.98 Å². The monoisotopic (exact) mass is 639 g/mol. The van der Waals surface area contributed by atoms with E-state index in [1.54, 1.807) is 29.0 Å². The summed E-state index contributed by atoms with van der Waals surface area (Å²) < 4.78 is 85.2. The molecule has 1 saturated heterocycles. The predicted molar refractivity (Wildman–Crippen MR) is 154 cm³/mol. The number of piperazine rings is 1. The molecule has 1 amide bonds. The molecule has 2 aliphatic rings. The summed E-state index contributed by atoms with van der Waals surface area (Å²) in [5.41, 5.74) is -2.32. The van der Waals surface area contributed by atoms with Crippen LogP contribution in [0.1, 0.15) is 36.8 Å². The van der Waals surface area contributed by atoms with Gasteiger partial charge in [-0.1, -0.05) is 0 Å². The number of ether oxygens (including phenoxy) is 1. The lowest BCUT2D eigenvalue weighted by Gasteiger charge is -2.37. The van der Waals surface area contributed by atoms with Crippen molar-refractivity contribution in [1.29, 1.82) is 0 Å². The zero-order chi connectivity index (χ0) is 32.5. The first-order valence-electron chi connectivity index (χ1n) is 14.4. The maximum Gasteiger partial charge on any atom is 0.423 e. The lowest BCUT2D eigenvalue weighted by Crippen LogP contribution is -2.50. The van der Waals surface area contributed by atoms with Crippen molar-refractivity contribution in [2.75, 3.05) is 49.6 Å². The number of hydrogen-bond acceptors (Lipinski definition) is 7. The molecule has 0 spiro atoms. The Kier molecular flexibility index (Phi) is 9.10. The number of alkyl halides is 6. The molecule has 0 atom stereocenters. The van der Waals surface area contributed by atoms with Crippen LogP contribution in [0.5, 0.6) is 0 Å². The maximum absolute atomic E-state index is 13.4. The zero-order valence-corrected chi connectivity index (χ0v) is 24.3. The van der Waals surface area contributed by atoms with Gasteiger partial charge in [0, 0.05) is 56.4 Å². The maximum atomic E-state index is 13.4. The van der Waals surface area contributed by atoms with Crippen LogP contribution in [-0.2, 0) is 21.9 Å². The lowest BCUT2D eigenvalue weighted by atomic mass is 9.91. The van der Waals surface area contributed by atoms with Crippen molar-refractivity contribution < 1.29 is 40.8 Å². The Bertz CT molecular complexity index is 1550. The molecule has 2 fully saturated rings. The van der Waals surface area contributed by atoms with E-state index < -0.39 is 34.1 Å². The third kappa shape index (κ3) is 7.40. The van der Waals surface area contributed by atoms with Crippen LogP contribution in [-0.4, -0.2) is 72.7 Å². The van der Waals surface area contributed by atoms with Gasteiger partial charge in [-0.2, -0.15) is 26.3 Å². The highest BCUT2D eigenvalue weighted by Gasteiger charge is 2.39. The number of rotatable bonds is 7. The van der Waals surface area contributed by atoms with Crippen LogP contribution in [0, 0.1) is 10.1 Å². The Hall–Kier alpha value is -4.14. The van der Waals surface area contributed by atoms with Gasteiger partial charge in [-0.3, -0.25) is 14.9 Å². The average molecular weight is 640 g/mol. The third-order valence-corrected chi connectivity index (χ3v) is 8.48. The summed E-state index contributed by atoms with van der Waals surface area (Å²) in [7, 11) is 1.66. The molecular weight excluding hydrogens is 608 g/mol. The van der Waals surface area contributed by atoms with Gasteiger partial charge < -0.3 is 19.4 Å². The van der Waals surface area contributed by atoms with Gasteiger partial charge in [0.15, 0.2) is 0 Å². The molecule has 9 nitrogen and oxygen atoms in total. The first kappa shape index (κ1) is 32.3. The highest BCUT2D eigenvalue weighted by molar-refractivity contribution is 5.81. The molecular formula is C30H31F6N5O4. The highest BCUT2D eigenvalue weighted by Crippen LogP contribution is 2.39. The number of halogens is 6. The van der Waals surface area contributed by atoms with Crippen LogP contribution >= 0.6 is 0 Å². The number of nitro benzene ring substituents is 1. The standard InChI is InChI=1S/C30H31F6N5O4/c1-38(22-6-10-26(41(43)44)24(17-22)30(34,35)36)21-4-7-23(8-5-21)45-18-28(42)40-14-12-39(13-15-40)27-11-2-19-16-20(29(31,32)33)3-9-25(19)37-27/h2-3,6,9-11,16-17,21,23H,4-5,7-8,12-15,18H2,1H3/t21-,23-. The van der Waals surface area contributed by atoms with Crippen LogP contribution in [0.25, 0.3) is 10.9 Å². The first-order valence-corrected chi connectivity index (χ1v) is 14.4. The fraction of sp³-hybridized carbons (Fsp3) is 0.467. The smallest absolute Gasteiger partial charge is 0.372 e. The normalized spacial score (nSPS) is 19.5. The van der Waals surface area contributed by atoms with Crippen LogP contribution < -0.4 is 9.80 Å². The quantitative estimate of drug-likeness (QED) is 0.170. The molecule has 1 aliphatic heterocycles. The van der Waals surface area contributed by atoms with Gasteiger partial charge >= 0.3 is 12.4 Å². The number of nitro groups is 1. The van der Waals surface area contributed by atoms with E-state index in [0.29, 0.717) is 68.6 Å². The number of pyridine rings is 1. The number of benzene rings is 2. The minimum absolute atomic E-state index is 0.0911. The molecule has 1 saturated carbocycles. The Balaban J connectivity index is 1.08. The summed E-state index contributed by atoms with van der Waals surface area (Å²) in [5.74, 6) is 0.460. The molecule has 15 heteroatoms. The van der Waals surface area contributed by atoms with Gasteiger partial charge in [0.25, 0.3) is 5.69 Å². The summed E-state index contributed by atoms with van der Waals surface area (Å²) in [4.78, 5) is 32.7. The van der Waals surface area contributed by atoms with Gasteiger partial charge in [-0.15, -0.1) is 0 Å². The molecule has 242 valence electrons. The van der Waals surface area contributed by atoms with Crippen LogP contribution in [0.4, 0.5) is 43.5 Å². The molecule has 0 bridgehead atoms. The SMILES string of the molecule is CN(c1ccc([N+](=O)[O-])c(C(F)(F)F)c1)[C@H]1CC[C@H](OCC(=O)N2CCN(c3ccc4cc(C(F)(F)F)ccc4n3)CC2)CC1. The van der Waals surface area contributed by atoms with Crippen molar-refractivity contribution in [3.05, 3.63) is 69.8 Å². The first-order chi connectivity index (χ1) is 21.2. The van der Waals surface area contributed by atoms with Gasteiger partial charge in [0.2, 0.25) is 5.91 Å². The molecule has 0 radical (unpaired) electrons. The zero-order valence-electron chi connectivity index (χ0n) is 24.3. The Labute approximate surface area is 254 Å². The van der Waals surface area contributed by atoms with Crippen LogP contribution in [0.2, 0.25) is 0 Å². The van der Waals surface area contributed by atoms with Crippen molar-refractivity contribution in [3.8, 4) is 0 Å². The number of amides is 1. The van der Waals surface area contributed by atoms with E-state index in [-0.39, 0.29) is 30.3 Å². The number of aromatic nitrogens is 1. The molecule has 0 N–H and O–H groups in total. The second kappa shape index (κ2) is 12.7. The van der Waals surface area contributed by atoms with Crippen molar-refractivity contribution >= 4 is 34.0 Å². The average Bonchev–Trinajstić information content (AvgIpc) is 3.02. The number of nitrogens with zero attached hydrogens (tertiary/aromatic N) is 5. The Morgan fingerprint density at radius 1 is 0.956 bits per heavy atom. The van der Waals surface area contributed by atoms with Gasteiger partial charge in [-0.25, -0.2) is 4.98 Å². The summed E-state index contributed by atoms with van der Waals surface area (Å²) in [6, 6.07) is 9.62. The summed E-state index contributed by atoms with van der Waals surface area (Å²) in [5, 5.41) is 11.5. The number of carbonyl (C=O) groups excluding carboxylic acids is 1. The van der Waals surface area contributed by atoms with Crippen LogP contribution in [0.15, 0.2) is 48.5 Å². The summed E-state index contributed by atoms with van der Waals surface area (Å²) in [6.07, 6.45) is -7.03. The second-order valence-electron chi connectivity index (χ2n) is 11.3. The Morgan fingerprint density at radius 2 is 1.64 bits per heavy atom. The number of anilines is 2. The summed E-state index contributed by atoms with van der Waals surface area (Å²) >= 11 is 0. The topological polar surface area (TPSA) is 92.0 Å². The number of carbonyl (C=O) groups is 1. The van der Waals surface area contributed by atoms with E-state index in [4.69, 9.17) is 4.74 Å². The lowest BCUT2D eigenvalue weighted by molar-refractivity contribution is -0.388. The van der Waals surface area contributed by atoms with E-state index in [1.165, 1.54) is 12.1 Å². The predicted octanol–water partition coefficient (Wildman–Crippen LogP) is 6.29. The van der Waals surface area contributed by atoms with E-state index in [1.807, 2.05) is 4.90 Å². The minimum Gasteiger partial charge on any atom is -0.372 e. The number of hydrogen-bond donors (Lipinski definition) is 0. The third-order valence-electron chi connectivity index (χ3n) is 8.48. The fourth-order valence-electron chi connectivity index (χ4n) is 5.87. The van der Waals surface area contributed by atoms with Crippen molar-refractivity contribution in [2.24, 2.45) is 0 Å².